The van der Waals surface area contributed by atoms with Gasteiger partial charge in [-0.05, 0) is 0 Å². The van der Waals surface area contributed by atoms with Gasteiger partial charge in [-0.25, -0.2) is 0 Å². The molecule has 23 valence electrons. The van der Waals surface area contributed by atoms with Crippen LogP contribution in [0.25, 0.3) is 0 Å². The van der Waals surface area contributed by atoms with E-state index in [1.807, 2.05) is 0 Å². The van der Waals surface area contributed by atoms with Crippen LogP contribution < -0.4 is 29.6 Å². The fourth-order valence-electron chi connectivity index (χ4n) is 0. The van der Waals surface area contributed by atoms with Gasteiger partial charge >= 0.3 is 51.3 Å². The summed E-state index contributed by atoms with van der Waals surface area (Å²) in [6.45, 7) is 0. The van der Waals surface area contributed by atoms with Gasteiger partial charge in [0.2, 0.25) is 0 Å². The Bertz CT molecular complexity index is 13.5. The van der Waals surface area contributed by atoms with Crippen LogP contribution in [-0.2, 0) is 55.1 Å². The molecule has 0 spiro atoms. The van der Waals surface area contributed by atoms with Crippen molar-refractivity contribution >= 4 is 0 Å². The zero-order chi connectivity index (χ0) is 0. The monoisotopic (exact) mass is 197 g/mol. The Morgan fingerprint density at radius 1 is 1.00 bits per heavy atom. The predicted octanol–water partition coefficient (Wildman–Crippen LogP) is -3.13. The predicted molar refractivity (Wildman–Crippen MR) is 2.49 cm³/mol. The standard InChI is InChI=1S/Na.Nb.2O.Ti.H/q+1;;2*-2;+4;-1. The fraction of sp³-hybridized carbons (Fsp3) is 0. The molecule has 0 N–H and O–H groups in total. The molecule has 0 bridgehead atoms. The summed E-state index contributed by atoms with van der Waals surface area (Å²) in [5, 5.41) is 0. The van der Waals surface area contributed by atoms with Gasteiger partial charge in [0.1, 0.15) is 0 Å². The average Bonchev–Trinajstić information content (AvgIpc) is 0. The van der Waals surface area contributed by atoms with Crippen molar-refractivity contribution < 1.29 is 86.0 Å². The first-order valence-electron chi connectivity index (χ1n) is 0. The van der Waals surface area contributed by atoms with Crippen molar-refractivity contribution in [3.8, 4) is 0 Å². The van der Waals surface area contributed by atoms with E-state index in [0.29, 0.717) is 0 Å². The van der Waals surface area contributed by atoms with Crippen LogP contribution in [-0.4, -0.2) is 0 Å². The zero-order valence-electron chi connectivity index (χ0n) is 3.76. The average molecular weight is 197 g/mol. The van der Waals surface area contributed by atoms with Crippen molar-refractivity contribution in [1.29, 1.82) is 0 Å². The van der Waals surface area contributed by atoms with Crippen LogP contribution in [0.4, 0.5) is 0 Å². The third-order valence-corrected chi connectivity index (χ3v) is 0. The molecule has 1 radical (unpaired) electrons. The van der Waals surface area contributed by atoms with E-state index in [0.717, 1.165) is 0 Å². The molecule has 0 atom stereocenters. The van der Waals surface area contributed by atoms with E-state index in [1.54, 1.807) is 0 Å². The van der Waals surface area contributed by atoms with Crippen LogP contribution in [0.15, 0.2) is 0 Å². The third kappa shape index (κ3) is 21.6. The van der Waals surface area contributed by atoms with Crippen LogP contribution in [0.1, 0.15) is 1.43 Å². The Morgan fingerprint density at radius 2 is 1.00 bits per heavy atom. The molecular weight excluding hydrogens is 196 g/mol. The maximum atomic E-state index is 0. The van der Waals surface area contributed by atoms with E-state index in [2.05, 4.69) is 0 Å². The molecule has 5 heteroatoms. The van der Waals surface area contributed by atoms with E-state index in [1.165, 1.54) is 0 Å². The Hall–Kier alpha value is 2.37. The van der Waals surface area contributed by atoms with Crippen molar-refractivity contribution in [3.05, 3.63) is 0 Å². The second-order valence-electron chi connectivity index (χ2n) is 0. The quantitative estimate of drug-likeness (QED) is 0.368. The Kier molecular flexibility index (Phi) is 347. The van der Waals surface area contributed by atoms with Crippen LogP contribution in [0.5, 0.6) is 0 Å². The summed E-state index contributed by atoms with van der Waals surface area (Å²) in [6.07, 6.45) is 0. The molecule has 0 saturated heterocycles. The molecule has 0 aromatic heterocycles. The van der Waals surface area contributed by atoms with Crippen LogP contribution in [0.3, 0.4) is 0 Å². The minimum atomic E-state index is 0. The van der Waals surface area contributed by atoms with Gasteiger partial charge in [0.25, 0.3) is 0 Å². The van der Waals surface area contributed by atoms with Gasteiger partial charge in [0.15, 0.2) is 0 Å². The summed E-state index contributed by atoms with van der Waals surface area (Å²) in [6, 6.07) is 0. The van der Waals surface area contributed by atoms with Crippen molar-refractivity contribution in [3.63, 3.8) is 0 Å². The number of rotatable bonds is 0. The van der Waals surface area contributed by atoms with Crippen LogP contribution in [0.2, 0.25) is 0 Å². The van der Waals surface area contributed by atoms with Gasteiger partial charge < -0.3 is 12.4 Å². The molecule has 0 amide bonds. The Morgan fingerprint density at radius 3 is 1.00 bits per heavy atom. The molecule has 0 aromatic carbocycles. The molecule has 0 heterocycles. The molecule has 0 rings (SSSR count). The van der Waals surface area contributed by atoms with Gasteiger partial charge in [-0.2, -0.15) is 0 Å². The fourth-order valence-corrected chi connectivity index (χ4v) is 0. The summed E-state index contributed by atoms with van der Waals surface area (Å²) < 4.78 is 0. The third-order valence-electron chi connectivity index (χ3n) is 0. The number of hydrogen-bond acceptors (Lipinski definition) is 0. The van der Waals surface area contributed by atoms with Crippen molar-refractivity contribution in [1.82, 2.24) is 0 Å². The maximum Gasteiger partial charge on any atom is 4.00 e. The topological polar surface area (TPSA) is 57.0 Å². The number of hydrogen-bond donors (Lipinski definition) is 0. The van der Waals surface area contributed by atoms with E-state index < -0.39 is 0 Å². The second kappa shape index (κ2) is 32.7. The largest absolute Gasteiger partial charge is 4.00 e. The van der Waals surface area contributed by atoms with Crippen LogP contribution >= 0.6 is 0 Å². The molecule has 0 aliphatic heterocycles. The van der Waals surface area contributed by atoms with Crippen molar-refractivity contribution in [2.75, 3.05) is 0 Å². The van der Waals surface area contributed by atoms with Gasteiger partial charge in [-0.15, -0.1) is 0 Å². The minimum Gasteiger partial charge on any atom is -2.00 e. The molecule has 0 aliphatic rings. The van der Waals surface area contributed by atoms with Gasteiger partial charge in [-0.1, -0.05) is 0 Å². The molecule has 0 fully saturated rings. The van der Waals surface area contributed by atoms with Crippen molar-refractivity contribution in [2.45, 2.75) is 0 Å². The molecule has 0 saturated carbocycles. The van der Waals surface area contributed by atoms with E-state index >= 15 is 0 Å². The molecule has 0 aromatic rings. The first-order chi connectivity index (χ1) is 0. The maximum absolute atomic E-state index is 0. The van der Waals surface area contributed by atoms with Crippen molar-refractivity contribution in [2.24, 2.45) is 0 Å². The second-order valence-corrected chi connectivity index (χ2v) is 0. The van der Waals surface area contributed by atoms with Gasteiger partial charge in [0, 0.05) is 22.4 Å². The summed E-state index contributed by atoms with van der Waals surface area (Å²) in [5.74, 6) is 0. The molecule has 0 unspecified atom stereocenters. The molecule has 5 heavy (non-hydrogen) atoms. The van der Waals surface area contributed by atoms with Gasteiger partial charge in [0.05, 0.1) is 0 Å². The normalized spacial score (nSPS) is 0. The Labute approximate surface area is 84.9 Å². The molecular formula is HNaNbO2Ti. The van der Waals surface area contributed by atoms with E-state index in [-0.39, 0.29) is 86.0 Å². The SMILES string of the molecule is [H-].[Na+].[Nb].[O-2].[O-2].[Ti+4]. The summed E-state index contributed by atoms with van der Waals surface area (Å²) in [7, 11) is 0. The first kappa shape index (κ1) is 53.1. The minimum absolute atomic E-state index is 0. The van der Waals surface area contributed by atoms with E-state index in [4.69, 9.17) is 0 Å². The van der Waals surface area contributed by atoms with E-state index in [9.17, 15) is 0 Å². The Balaban J connectivity index is 0. The summed E-state index contributed by atoms with van der Waals surface area (Å²) in [4.78, 5) is 0. The summed E-state index contributed by atoms with van der Waals surface area (Å²) in [5.41, 5.74) is 0. The molecule has 2 nitrogen and oxygen atoms in total. The van der Waals surface area contributed by atoms with Crippen LogP contribution in [0, 0.1) is 0 Å². The molecule has 0 aliphatic carbocycles. The van der Waals surface area contributed by atoms with Gasteiger partial charge in [-0.3, -0.25) is 0 Å². The first-order valence-corrected chi connectivity index (χ1v) is 0. The summed E-state index contributed by atoms with van der Waals surface area (Å²) >= 11 is 0. The smallest absolute Gasteiger partial charge is 2.00 e. The zero-order valence-corrected chi connectivity index (χ0v) is 8.52.